The number of aliphatic carboxylic acids is 1. The van der Waals surface area contributed by atoms with Crippen molar-refractivity contribution in [1.82, 2.24) is 5.32 Å². The first-order valence-corrected chi connectivity index (χ1v) is 6.51. The van der Waals surface area contributed by atoms with Gasteiger partial charge in [-0.25, -0.2) is 0 Å². The van der Waals surface area contributed by atoms with Crippen LogP contribution in [0, 0.1) is 0 Å². The molecule has 0 unspecified atom stereocenters. The summed E-state index contributed by atoms with van der Waals surface area (Å²) in [6.07, 6.45) is 5.60. The topological polar surface area (TPSA) is 101 Å². The van der Waals surface area contributed by atoms with E-state index in [2.05, 4.69) is 12.2 Å². The van der Waals surface area contributed by atoms with Crippen LogP contribution in [0.15, 0.2) is 0 Å². The van der Waals surface area contributed by atoms with Crippen LogP contribution >= 0.6 is 0 Å². The van der Waals surface area contributed by atoms with Gasteiger partial charge in [0.1, 0.15) is 0 Å². The highest BCUT2D eigenvalue weighted by atomic mass is 16.4. The number of unbranched alkanes of at least 4 members (excludes halogenated alkanes) is 3. The molecular weight excluding hydrogens is 218 g/mol. The lowest BCUT2D eigenvalue weighted by Crippen LogP contribution is -2.24. The summed E-state index contributed by atoms with van der Waals surface area (Å²) in [5.41, 5.74) is 10.5. The number of hydrogen-bond acceptors (Lipinski definition) is 4. The number of carboxylic acids is 1. The highest BCUT2D eigenvalue weighted by Gasteiger charge is 1.93. The van der Waals surface area contributed by atoms with Crippen molar-refractivity contribution >= 4 is 5.97 Å². The molecule has 0 bridgehead atoms. The van der Waals surface area contributed by atoms with E-state index in [1.807, 2.05) is 0 Å². The molecule has 0 saturated carbocycles. The fourth-order valence-electron chi connectivity index (χ4n) is 1.16. The minimum absolute atomic E-state index is 0.333. The number of carboxylic acid groups (broad SMARTS) is 1. The van der Waals surface area contributed by atoms with Gasteiger partial charge in [0.2, 0.25) is 0 Å². The maximum atomic E-state index is 9.96. The Morgan fingerprint density at radius 3 is 2.24 bits per heavy atom. The SMILES string of the molecule is CCCCCCC(=O)O.NCCCNCCN. The van der Waals surface area contributed by atoms with Crippen LogP contribution in [0.3, 0.4) is 0 Å². The van der Waals surface area contributed by atoms with E-state index in [1.54, 1.807) is 0 Å². The maximum absolute atomic E-state index is 9.96. The molecule has 0 aliphatic carbocycles. The molecule has 5 heteroatoms. The zero-order valence-corrected chi connectivity index (χ0v) is 11.1. The van der Waals surface area contributed by atoms with E-state index in [0.29, 0.717) is 13.0 Å². The third kappa shape index (κ3) is 25.5. The van der Waals surface area contributed by atoms with Crippen molar-refractivity contribution in [3.63, 3.8) is 0 Å². The van der Waals surface area contributed by atoms with Crippen molar-refractivity contribution in [2.24, 2.45) is 11.5 Å². The van der Waals surface area contributed by atoms with Gasteiger partial charge in [-0.15, -0.1) is 0 Å². The summed E-state index contributed by atoms with van der Waals surface area (Å²) in [6.45, 7) is 5.48. The van der Waals surface area contributed by atoms with E-state index in [0.717, 1.165) is 45.3 Å². The summed E-state index contributed by atoms with van der Waals surface area (Å²) >= 11 is 0. The van der Waals surface area contributed by atoms with E-state index in [-0.39, 0.29) is 0 Å². The molecule has 0 aromatic carbocycles. The molecule has 0 aromatic rings. The predicted molar refractivity (Wildman–Crippen MR) is 72.0 cm³/mol. The van der Waals surface area contributed by atoms with Gasteiger partial charge in [-0.05, 0) is 25.9 Å². The molecule has 0 aromatic heterocycles. The fraction of sp³-hybridized carbons (Fsp3) is 0.917. The summed E-state index contributed by atoms with van der Waals surface area (Å²) in [4.78, 5) is 9.96. The maximum Gasteiger partial charge on any atom is 0.303 e. The Hall–Kier alpha value is -0.650. The third-order valence-corrected chi connectivity index (χ3v) is 2.12. The van der Waals surface area contributed by atoms with Crippen molar-refractivity contribution in [1.29, 1.82) is 0 Å². The molecule has 0 rings (SSSR count). The van der Waals surface area contributed by atoms with Gasteiger partial charge in [-0.3, -0.25) is 4.79 Å². The van der Waals surface area contributed by atoms with E-state index >= 15 is 0 Å². The second-order valence-corrected chi connectivity index (χ2v) is 3.89. The Kier molecular flexibility index (Phi) is 19.5. The minimum Gasteiger partial charge on any atom is -0.481 e. The average molecular weight is 247 g/mol. The monoisotopic (exact) mass is 247 g/mol. The van der Waals surface area contributed by atoms with Gasteiger partial charge in [0.25, 0.3) is 0 Å². The first-order chi connectivity index (χ1) is 8.18. The zero-order chi connectivity index (χ0) is 13.4. The Bertz CT molecular complexity index is 149. The Morgan fingerprint density at radius 2 is 1.76 bits per heavy atom. The van der Waals surface area contributed by atoms with Crippen molar-refractivity contribution in [2.75, 3.05) is 26.2 Å². The number of nitrogens with one attached hydrogen (secondary N) is 1. The molecule has 17 heavy (non-hydrogen) atoms. The normalized spacial score (nSPS) is 9.59. The van der Waals surface area contributed by atoms with Crippen LogP contribution in [-0.2, 0) is 4.79 Å². The molecule has 0 aliphatic heterocycles. The molecule has 0 atom stereocenters. The first-order valence-electron chi connectivity index (χ1n) is 6.51. The second kappa shape index (κ2) is 17.7. The van der Waals surface area contributed by atoms with Crippen LogP contribution in [0.5, 0.6) is 0 Å². The van der Waals surface area contributed by atoms with Crippen molar-refractivity contribution in [3.05, 3.63) is 0 Å². The van der Waals surface area contributed by atoms with E-state index in [4.69, 9.17) is 16.6 Å². The van der Waals surface area contributed by atoms with Gasteiger partial charge in [0.15, 0.2) is 0 Å². The van der Waals surface area contributed by atoms with Gasteiger partial charge >= 0.3 is 5.97 Å². The second-order valence-electron chi connectivity index (χ2n) is 3.89. The van der Waals surface area contributed by atoms with Gasteiger partial charge in [-0.2, -0.15) is 0 Å². The van der Waals surface area contributed by atoms with Crippen LogP contribution in [-0.4, -0.2) is 37.3 Å². The van der Waals surface area contributed by atoms with Crippen LogP contribution in [0.2, 0.25) is 0 Å². The van der Waals surface area contributed by atoms with Crippen LogP contribution in [0.25, 0.3) is 0 Å². The molecule has 104 valence electrons. The van der Waals surface area contributed by atoms with E-state index in [1.165, 1.54) is 6.42 Å². The van der Waals surface area contributed by atoms with Gasteiger partial charge in [-0.1, -0.05) is 26.2 Å². The molecule has 5 nitrogen and oxygen atoms in total. The molecule has 0 saturated heterocycles. The Morgan fingerprint density at radius 1 is 1.06 bits per heavy atom. The summed E-state index contributed by atoms with van der Waals surface area (Å²) in [5, 5.41) is 11.3. The van der Waals surface area contributed by atoms with Crippen molar-refractivity contribution < 1.29 is 9.90 Å². The quantitative estimate of drug-likeness (QED) is 0.430. The van der Waals surface area contributed by atoms with Gasteiger partial charge in [0, 0.05) is 19.5 Å². The fourth-order valence-corrected chi connectivity index (χ4v) is 1.16. The zero-order valence-electron chi connectivity index (χ0n) is 11.1. The van der Waals surface area contributed by atoms with Gasteiger partial charge in [0.05, 0.1) is 0 Å². The standard InChI is InChI=1S/C7H14O2.C5H15N3/c1-2-3-4-5-6-7(8)9;6-2-1-4-8-5-3-7/h2-6H2,1H3,(H,8,9);8H,1-7H2. The number of carbonyl (C=O) groups is 1. The van der Waals surface area contributed by atoms with Crippen molar-refractivity contribution in [2.45, 2.75) is 45.4 Å². The van der Waals surface area contributed by atoms with Crippen LogP contribution < -0.4 is 16.8 Å². The largest absolute Gasteiger partial charge is 0.481 e. The molecule has 0 radical (unpaired) electrons. The molecule has 0 amide bonds. The van der Waals surface area contributed by atoms with Crippen LogP contribution in [0.1, 0.15) is 45.4 Å². The molecule has 6 N–H and O–H groups in total. The molecule has 0 heterocycles. The summed E-state index contributed by atoms with van der Waals surface area (Å²) < 4.78 is 0. The molecule has 0 spiro atoms. The smallest absolute Gasteiger partial charge is 0.303 e. The van der Waals surface area contributed by atoms with Crippen molar-refractivity contribution in [3.8, 4) is 0 Å². The number of nitrogens with two attached hydrogens (primary N) is 2. The lowest BCUT2D eigenvalue weighted by molar-refractivity contribution is -0.137. The van der Waals surface area contributed by atoms with Gasteiger partial charge < -0.3 is 21.9 Å². The lowest BCUT2D eigenvalue weighted by Gasteiger charge is -1.98. The molecule has 0 fully saturated rings. The summed E-state index contributed by atoms with van der Waals surface area (Å²) in [6, 6.07) is 0. The Balaban J connectivity index is 0. The summed E-state index contributed by atoms with van der Waals surface area (Å²) in [5.74, 6) is -0.675. The minimum atomic E-state index is -0.675. The molecule has 0 aliphatic rings. The summed E-state index contributed by atoms with van der Waals surface area (Å²) in [7, 11) is 0. The lowest BCUT2D eigenvalue weighted by atomic mass is 10.2. The first kappa shape index (κ1) is 18.7. The highest BCUT2D eigenvalue weighted by molar-refractivity contribution is 5.66. The number of rotatable bonds is 10. The molecular formula is C12H29N3O2. The number of hydrogen-bond donors (Lipinski definition) is 4. The Labute approximate surface area is 105 Å². The van der Waals surface area contributed by atoms with Crippen LogP contribution in [0.4, 0.5) is 0 Å². The van der Waals surface area contributed by atoms with E-state index < -0.39 is 5.97 Å². The average Bonchev–Trinajstić information content (AvgIpc) is 2.31. The predicted octanol–water partition coefficient (Wildman–Crippen LogP) is 0.925. The highest BCUT2D eigenvalue weighted by Crippen LogP contribution is 2.01. The third-order valence-electron chi connectivity index (χ3n) is 2.12. The van der Waals surface area contributed by atoms with E-state index in [9.17, 15) is 4.79 Å².